The molecule has 1 aromatic heterocycles. The van der Waals surface area contributed by atoms with Crippen molar-refractivity contribution in [3.05, 3.63) is 16.3 Å². The highest BCUT2D eigenvalue weighted by Crippen LogP contribution is 1.94. The van der Waals surface area contributed by atoms with Gasteiger partial charge in [0.05, 0.1) is 0 Å². The molecule has 0 aliphatic heterocycles. The normalized spacial score (nSPS) is 10.0. The number of nitrogens with one attached hydrogen (secondary N) is 1. The molecule has 5 nitrogen and oxygen atoms in total. The number of rotatable bonds is 1. The Balaban J connectivity index is 3.20. The fraction of sp³-hybridized carbons (Fsp3) is 0.500. The van der Waals surface area contributed by atoms with E-state index in [0.29, 0.717) is 16.0 Å². The third kappa shape index (κ3) is 0.857. The van der Waals surface area contributed by atoms with Gasteiger partial charge in [-0.25, -0.2) is 0 Å². The van der Waals surface area contributed by atoms with Crippen LogP contribution in [0.2, 0.25) is 0 Å². The lowest BCUT2D eigenvalue weighted by Crippen LogP contribution is -2.12. The van der Waals surface area contributed by atoms with Crippen LogP contribution in [0.15, 0.2) is 4.63 Å². The van der Waals surface area contributed by atoms with Crippen LogP contribution < -0.4 is 4.60 Å². The summed E-state index contributed by atoms with van der Waals surface area (Å²) in [5.41, 5.74) is 0.766. The lowest BCUT2D eigenvalue weighted by molar-refractivity contribution is -0.718. The molecule has 0 bridgehead atoms. The standard InChI is InChI=1S/C4H7N2O3/c1-3-4(2-7)5-9-6(3)8/h5,7H,2H2,1H3/q+1. The van der Waals surface area contributed by atoms with Gasteiger partial charge in [-0.2, -0.15) is 0 Å². The molecule has 0 amide bonds. The summed E-state index contributed by atoms with van der Waals surface area (Å²) in [6, 6.07) is 0. The fourth-order valence-electron chi connectivity index (χ4n) is 0.496. The van der Waals surface area contributed by atoms with Gasteiger partial charge < -0.3 is 5.11 Å². The molecular formula is C4H7N2O3+. The second kappa shape index (κ2) is 2.02. The monoisotopic (exact) mass is 131 g/mol. The fourth-order valence-corrected chi connectivity index (χ4v) is 0.496. The Labute approximate surface area is 50.4 Å². The van der Waals surface area contributed by atoms with Gasteiger partial charge >= 0.3 is 0 Å². The van der Waals surface area contributed by atoms with Crippen molar-refractivity contribution in [3.63, 3.8) is 0 Å². The first-order valence-corrected chi connectivity index (χ1v) is 2.46. The number of hydrogen-bond donors (Lipinski definition) is 2. The summed E-state index contributed by atoms with van der Waals surface area (Å²) in [4.78, 5) is 10.4. The predicted molar refractivity (Wildman–Crippen MR) is 27.1 cm³/mol. The van der Waals surface area contributed by atoms with Crippen LogP contribution >= 0.6 is 0 Å². The smallest absolute Gasteiger partial charge is 0.244 e. The second-order valence-electron chi connectivity index (χ2n) is 1.67. The number of nitrogens with zero attached hydrogens (tertiary/aromatic N) is 1. The number of aliphatic hydroxyl groups excluding tert-OH is 1. The van der Waals surface area contributed by atoms with Gasteiger partial charge in [0.1, 0.15) is 6.61 Å². The van der Waals surface area contributed by atoms with E-state index in [0.717, 1.165) is 0 Å². The summed E-state index contributed by atoms with van der Waals surface area (Å²) in [5, 5.41) is 10.7. The van der Waals surface area contributed by atoms with Crippen molar-refractivity contribution in [2.75, 3.05) is 0 Å². The SMILES string of the molecule is Cc1c(CO)[nH]o[n+]1=O. The molecule has 50 valence electrons. The van der Waals surface area contributed by atoms with E-state index < -0.39 is 0 Å². The average molecular weight is 131 g/mol. The molecule has 0 saturated heterocycles. The predicted octanol–water partition coefficient (Wildman–Crippen LogP) is -0.677. The highest BCUT2D eigenvalue weighted by molar-refractivity contribution is 4.97. The minimum Gasteiger partial charge on any atom is -0.388 e. The van der Waals surface area contributed by atoms with E-state index >= 15 is 0 Å². The summed E-state index contributed by atoms with van der Waals surface area (Å²) >= 11 is 0. The highest BCUT2D eigenvalue weighted by atomic mass is 16.7. The molecule has 0 fully saturated rings. The van der Waals surface area contributed by atoms with Crippen molar-refractivity contribution in [2.45, 2.75) is 13.5 Å². The van der Waals surface area contributed by atoms with Crippen LogP contribution in [0.3, 0.4) is 0 Å². The van der Waals surface area contributed by atoms with Gasteiger partial charge in [-0.15, -0.1) is 0 Å². The van der Waals surface area contributed by atoms with Crippen molar-refractivity contribution < 1.29 is 14.3 Å². The maximum Gasteiger partial charge on any atom is 0.244 e. The van der Waals surface area contributed by atoms with Gasteiger partial charge in [0.15, 0.2) is 4.60 Å². The average Bonchev–Trinajstić information content (AvgIpc) is 2.15. The van der Waals surface area contributed by atoms with E-state index in [4.69, 9.17) is 5.11 Å². The molecule has 0 aliphatic rings. The van der Waals surface area contributed by atoms with E-state index in [1.165, 1.54) is 0 Å². The molecule has 0 radical (unpaired) electrons. The third-order valence-electron chi connectivity index (χ3n) is 1.12. The van der Waals surface area contributed by atoms with Gasteiger partial charge in [0, 0.05) is 6.92 Å². The molecule has 2 N–H and O–H groups in total. The van der Waals surface area contributed by atoms with Gasteiger partial charge in [-0.05, 0) is 4.91 Å². The zero-order chi connectivity index (χ0) is 6.85. The lowest BCUT2D eigenvalue weighted by atomic mass is 10.4. The summed E-state index contributed by atoms with van der Waals surface area (Å²) in [5.74, 6) is 0. The first-order chi connectivity index (χ1) is 4.25. The molecule has 1 rings (SSSR count). The van der Waals surface area contributed by atoms with Gasteiger partial charge in [-0.1, -0.05) is 9.79 Å². The summed E-state index contributed by atoms with van der Waals surface area (Å²) in [6.45, 7) is 1.35. The third-order valence-corrected chi connectivity index (χ3v) is 1.12. The van der Waals surface area contributed by atoms with Crippen LogP contribution in [-0.2, 0) is 6.61 Å². The van der Waals surface area contributed by atoms with Crippen LogP contribution in [0.4, 0.5) is 0 Å². The minimum atomic E-state index is -0.204. The van der Waals surface area contributed by atoms with Crippen LogP contribution in [0.25, 0.3) is 0 Å². The highest BCUT2D eigenvalue weighted by Gasteiger charge is 2.11. The Morgan fingerprint density at radius 3 is 2.78 bits per heavy atom. The van der Waals surface area contributed by atoms with E-state index in [1.54, 1.807) is 6.92 Å². The Bertz CT molecular complexity index is 249. The van der Waals surface area contributed by atoms with Crippen LogP contribution in [-0.4, -0.2) is 10.3 Å². The molecule has 0 aromatic carbocycles. The van der Waals surface area contributed by atoms with Crippen LogP contribution in [0.1, 0.15) is 11.4 Å². The summed E-state index contributed by atoms with van der Waals surface area (Å²) in [6.07, 6.45) is 0. The Hall–Kier alpha value is -1.10. The summed E-state index contributed by atoms with van der Waals surface area (Å²) < 4.78 is 4.57. The Morgan fingerprint density at radius 2 is 2.56 bits per heavy atom. The number of aliphatic hydroxyl groups is 1. The number of aromatic nitrogens is 2. The van der Waals surface area contributed by atoms with Crippen molar-refractivity contribution in [1.29, 1.82) is 0 Å². The van der Waals surface area contributed by atoms with Gasteiger partial charge in [-0.3, -0.25) is 0 Å². The first-order valence-electron chi connectivity index (χ1n) is 2.46. The Morgan fingerprint density at radius 1 is 1.89 bits per heavy atom. The van der Waals surface area contributed by atoms with E-state index in [2.05, 4.69) is 9.79 Å². The van der Waals surface area contributed by atoms with E-state index in [9.17, 15) is 4.91 Å². The molecule has 0 atom stereocenters. The van der Waals surface area contributed by atoms with Gasteiger partial charge in [0.2, 0.25) is 11.4 Å². The van der Waals surface area contributed by atoms with E-state index in [-0.39, 0.29) is 6.61 Å². The van der Waals surface area contributed by atoms with Crippen molar-refractivity contribution in [1.82, 2.24) is 5.16 Å². The number of hydrogen-bond acceptors (Lipinski definition) is 3. The van der Waals surface area contributed by atoms with E-state index in [1.807, 2.05) is 0 Å². The molecule has 9 heavy (non-hydrogen) atoms. The first kappa shape index (κ1) is 6.03. The number of aromatic amines is 1. The van der Waals surface area contributed by atoms with Crippen molar-refractivity contribution >= 4 is 0 Å². The molecule has 0 aliphatic carbocycles. The second-order valence-corrected chi connectivity index (χ2v) is 1.67. The quantitative estimate of drug-likeness (QED) is 0.530. The van der Waals surface area contributed by atoms with Crippen LogP contribution in [0.5, 0.6) is 0 Å². The largest absolute Gasteiger partial charge is 0.388 e. The molecular weight excluding hydrogens is 124 g/mol. The molecule has 0 spiro atoms. The number of H-pyrrole nitrogens is 1. The summed E-state index contributed by atoms with van der Waals surface area (Å²) in [7, 11) is 0. The molecule has 1 heterocycles. The molecule has 1 aromatic rings. The maximum atomic E-state index is 10.4. The molecule has 0 saturated carbocycles. The zero-order valence-corrected chi connectivity index (χ0v) is 4.92. The van der Waals surface area contributed by atoms with Crippen LogP contribution in [0, 0.1) is 11.8 Å². The zero-order valence-electron chi connectivity index (χ0n) is 4.92. The van der Waals surface area contributed by atoms with Crippen molar-refractivity contribution in [2.24, 2.45) is 0 Å². The van der Waals surface area contributed by atoms with Crippen molar-refractivity contribution in [3.8, 4) is 0 Å². The molecule has 5 heteroatoms. The van der Waals surface area contributed by atoms with Gasteiger partial charge in [0.25, 0.3) is 0 Å². The molecule has 0 unspecified atom stereocenters. The Kier molecular flexibility index (Phi) is 1.35. The lowest BCUT2D eigenvalue weighted by Gasteiger charge is -1.74. The minimum absolute atomic E-state index is 0.204. The maximum absolute atomic E-state index is 10.4. The topological polar surface area (TPSA) is 72.1 Å².